The van der Waals surface area contributed by atoms with E-state index in [-0.39, 0.29) is 0 Å². The Morgan fingerprint density at radius 1 is 0.216 bits per heavy atom. The maximum absolute atomic E-state index is 12.3. The quantitative estimate of drug-likeness (QED) is 0.0239. The molecule has 4 aromatic carbocycles. The molecule has 550 valence electrons. The van der Waals surface area contributed by atoms with E-state index >= 15 is 0 Å². The SMILES string of the molecule is CCCCCCCCCCCCCCCCCCCCCCCCCCCCCc1ccc(C2=C(CCCC)C(CCCCCCCCCCCCCCCCCCCCCCCCC)=C(c3ccc(CCCC)cc3)[N+]2=[N-])cc1.c1ccc(C[CH2][Ni][CH2]Cc2ccccc2)cc1. The fourth-order valence-electron chi connectivity index (χ4n) is 14.7. The molecule has 0 atom stereocenters. The Bertz CT molecular complexity index is 2390. The molecular weight excluding hydrogens is 1220 g/mol. The summed E-state index contributed by atoms with van der Waals surface area (Å²) in [5, 5.41) is 2.48. The minimum atomic E-state index is 1.02. The van der Waals surface area contributed by atoms with Crippen LogP contribution in [0, 0.1) is 0 Å². The summed E-state index contributed by atoms with van der Waals surface area (Å²) in [4.78, 5) is 0. The molecule has 0 bridgehead atoms. The second-order valence-corrected chi connectivity index (χ2v) is 31.5. The van der Waals surface area contributed by atoms with E-state index < -0.39 is 0 Å². The summed E-state index contributed by atoms with van der Waals surface area (Å²) in [7, 11) is 0. The molecule has 0 fully saturated rings. The van der Waals surface area contributed by atoms with E-state index in [0.29, 0.717) is 0 Å². The zero-order valence-corrected chi connectivity index (χ0v) is 65.4. The van der Waals surface area contributed by atoms with Crippen molar-refractivity contribution in [2.45, 2.75) is 424 Å². The standard InChI is InChI=1S/C78H136N2.2C8H9.Ni/c1-5-9-13-15-17-19-21-23-25-27-29-31-33-34-35-36-38-39-41-43-45-47-49-51-53-55-57-60-72-65-69-73(70-66-72)77-75(61-12-8-4)76(78(80(77)79)74-67-63-71(64-68-74)59-11-7-3)62-58-56-54-52-50-48-46-44-42-40-37-32-30-28-26-24-22-20-18-16-14-10-6-2;2*1-2-8-6-4-3-5-7-8;/h63-70H,5-62H2,1-4H3;2*3-7H,1-2H2;. The first-order valence-corrected chi connectivity index (χ1v) is 44.2. The van der Waals surface area contributed by atoms with Crippen molar-refractivity contribution in [3.8, 4) is 0 Å². The molecule has 1 aliphatic heterocycles. The number of allylic oxidation sites excluding steroid dienone is 2. The molecule has 3 heteroatoms. The van der Waals surface area contributed by atoms with Gasteiger partial charge in [0.25, 0.3) is 0 Å². The van der Waals surface area contributed by atoms with Gasteiger partial charge in [0.15, 0.2) is 0 Å². The van der Waals surface area contributed by atoms with Crippen LogP contribution in [0.4, 0.5) is 0 Å². The Morgan fingerprint density at radius 2 is 0.423 bits per heavy atom. The van der Waals surface area contributed by atoms with Crippen LogP contribution in [0.25, 0.3) is 16.9 Å². The monoisotopic (exact) mass is 1370 g/mol. The van der Waals surface area contributed by atoms with Gasteiger partial charge in [0.2, 0.25) is 11.4 Å². The van der Waals surface area contributed by atoms with Gasteiger partial charge in [-0.25, -0.2) is 4.70 Å². The first kappa shape index (κ1) is 85.9. The fraction of sp³-hybridized carbons (Fsp3) is 0.702. The molecule has 97 heavy (non-hydrogen) atoms. The number of aryl methyl sites for hydroxylation is 4. The van der Waals surface area contributed by atoms with Crippen LogP contribution in [0.5, 0.6) is 0 Å². The molecule has 0 spiro atoms. The van der Waals surface area contributed by atoms with Crippen molar-refractivity contribution in [3.05, 3.63) is 159 Å². The third-order valence-electron chi connectivity index (χ3n) is 21.2. The third-order valence-corrected chi connectivity index (χ3v) is 22.3. The van der Waals surface area contributed by atoms with E-state index in [0.717, 1.165) is 55.5 Å². The average molecular weight is 1370 g/mol. The van der Waals surface area contributed by atoms with Crippen molar-refractivity contribution in [3.63, 3.8) is 0 Å². The van der Waals surface area contributed by atoms with E-state index in [1.54, 1.807) is 4.70 Å². The Hall–Kier alpha value is -3.55. The first-order valence-electron chi connectivity index (χ1n) is 42.8. The summed E-state index contributed by atoms with van der Waals surface area (Å²) in [5.41, 5.74) is 25.2. The average Bonchev–Trinajstić information content (AvgIpc) is 1.61. The molecule has 4 aromatic rings. The number of hydrogen-bond donors (Lipinski definition) is 0. The Balaban J connectivity index is 0.00000101. The number of benzene rings is 4. The van der Waals surface area contributed by atoms with Gasteiger partial charge in [-0.3, -0.25) is 0 Å². The number of hydrogen-bond acceptors (Lipinski definition) is 0. The molecule has 0 N–H and O–H groups in total. The van der Waals surface area contributed by atoms with Gasteiger partial charge >= 0.3 is 110 Å². The van der Waals surface area contributed by atoms with Crippen LogP contribution >= 0.6 is 0 Å². The van der Waals surface area contributed by atoms with E-state index in [1.807, 2.05) is 14.4 Å². The first-order chi connectivity index (χ1) is 48.1. The summed E-state index contributed by atoms with van der Waals surface area (Å²) in [5.74, 6) is 0. The van der Waals surface area contributed by atoms with E-state index in [2.05, 4.69) is 137 Å². The maximum atomic E-state index is 12.3. The van der Waals surface area contributed by atoms with Crippen LogP contribution in [-0.4, -0.2) is 4.70 Å². The van der Waals surface area contributed by atoms with Gasteiger partial charge in [-0.2, -0.15) is 0 Å². The van der Waals surface area contributed by atoms with Crippen molar-refractivity contribution >= 4 is 11.4 Å². The fourth-order valence-corrected chi connectivity index (χ4v) is 15.9. The van der Waals surface area contributed by atoms with Crippen molar-refractivity contribution in [1.82, 2.24) is 0 Å². The molecule has 0 amide bonds. The van der Waals surface area contributed by atoms with Gasteiger partial charge < -0.3 is 5.53 Å². The van der Waals surface area contributed by atoms with Gasteiger partial charge in [0, 0.05) is 22.3 Å². The molecule has 1 aliphatic rings. The third kappa shape index (κ3) is 44.4. The van der Waals surface area contributed by atoms with Crippen LogP contribution in [-0.2, 0) is 40.1 Å². The molecule has 5 rings (SSSR count). The van der Waals surface area contributed by atoms with Gasteiger partial charge in [-0.15, -0.1) is 0 Å². The molecular formula is C94H154N2Ni. The number of nitrogens with zero attached hydrogens (tertiary/aromatic N) is 2. The summed E-state index contributed by atoms with van der Waals surface area (Å²) in [6.07, 6.45) is 83.0. The van der Waals surface area contributed by atoms with Crippen LogP contribution in [0.1, 0.15) is 421 Å². The molecule has 0 aromatic heterocycles. The molecule has 0 saturated carbocycles. The van der Waals surface area contributed by atoms with Crippen molar-refractivity contribution in [2.75, 3.05) is 0 Å². The minimum absolute atomic E-state index is 1.02. The van der Waals surface area contributed by atoms with Gasteiger partial charge in [0.1, 0.15) is 0 Å². The van der Waals surface area contributed by atoms with E-state index in [9.17, 15) is 5.53 Å². The van der Waals surface area contributed by atoms with Gasteiger partial charge in [-0.1, -0.05) is 373 Å². The van der Waals surface area contributed by atoms with Crippen LogP contribution in [0.15, 0.2) is 120 Å². The van der Waals surface area contributed by atoms with E-state index in [4.69, 9.17) is 0 Å². The topological polar surface area (TPSA) is 25.3 Å². The molecule has 0 aliphatic carbocycles. The number of unbranched alkanes of at least 4 members (excludes halogenated alkanes) is 50. The Morgan fingerprint density at radius 3 is 0.691 bits per heavy atom. The van der Waals surface area contributed by atoms with Crippen LogP contribution in [0.2, 0.25) is 10.8 Å². The van der Waals surface area contributed by atoms with Gasteiger partial charge in [-0.05, 0) is 86.8 Å². The predicted molar refractivity (Wildman–Crippen MR) is 429 cm³/mol. The van der Waals surface area contributed by atoms with Crippen molar-refractivity contribution in [2.24, 2.45) is 0 Å². The van der Waals surface area contributed by atoms with Crippen molar-refractivity contribution < 1.29 is 19.1 Å². The summed E-state index contributed by atoms with van der Waals surface area (Å²) in [6, 6.07) is 40.0. The second-order valence-electron chi connectivity index (χ2n) is 30.0. The second kappa shape index (κ2) is 63.4. The molecule has 0 saturated heterocycles. The molecule has 2 nitrogen and oxygen atoms in total. The Kier molecular flexibility index (Phi) is 56.1. The van der Waals surface area contributed by atoms with Gasteiger partial charge in [0.05, 0.1) is 0 Å². The molecule has 0 unspecified atom stereocenters. The normalized spacial score (nSPS) is 12.4. The Labute approximate surface area is 609 Å². The summed E-state index contributed by atoms with van der Waals surface area (Å²) < 4.78 is 1.61. The zero-order chi connectivity index (χ0) is 68.6. The zero-order valence-electron chi connectivity index (χ0n) is 64.4. The van der Waals surface area contributed by atoms with E-state index in [1.165, 1.54) is 396 Å². The predicted octanol–water partition coefficient (Wildman–Crippen LogP) is 32.3. The molecule has 1 heterocycles. The summed E-state index contributed by atoms with van der Waals surface area (Å²) in [6.45, 7) is 9.21. The summed E-state index contributed by atoms with van der Waals surface area (Å²) >= 11 is 1.86. The van der Waals surface area contributed by atoms with Crippen LogP contribution in [0.3, 0.4) is 0 Å². The van der Waals surface area contributed by atoms with Crippen LogP contribution < -0.4 is 0 Å². The van der Waals surface area contributed by atoms with Crippen molar-refractivity contribution in [1.29, 1.82) is 0 Å². The number of rotatable bonds is 66. The molecule has 0 radical (unpaired) electrons.